The molecule has 0 heterocycles. The Labute approximate surface area is 138 Å². The lowest BCUT2D eigenvalue weighted by atomic mass is 9.98. The molecule has 0 bridgehead atoms. The fourth-order valence-electron chi connectivity index (χ4n) is 2.29. The van der Waals surface area contributed by atoms with Crippen molar-refractivity contribution in [2.24, 2.45) is 0 Å². The molecule has 0 spiro atoms. The van der Waals surface area contributed by atoms with Gasteiger partial charge in [0.25, 0.3) is 0 Å². The second-order valence-electron chi connectivity index (χ2n) is 4.97. The molecule has 2 aromatic rings. The number of hydrogen-bond donors (Lipinski definition) is 1. The van der Waals surface area contributed by atoms with E-state index in [0.29, 0.717) is 17.0 Å². The minimum absolute atomic E-state index is 0.00227. The molecule has 21 heavy (non-hydrogen) atoms. The van der Waals surface area contributed by atoms with Crippen molar-refractivity contribution in [3.63, 3.8) is 0 Å². The second kappa shape index (κ2) is 7.92. The van der Waals surface area contributed by atoms with Crippen LogP contribution in [0, 0.1) is 5.82 Å². The van der Waals surface area contributed by atoms with E-state index in [4.69, 9.17) is 11.6 Å². The number of hydrogen-bond acceptors (Lipinski definition) is 1. The summed E-state index contributed by atoms with van der Waals surface area (Å²) in [5, 5.41) is 4.17. The SMILES string of the molecule is CCCNC(Cc1cc(Br)ccc1F)c1ccccc1Cl. The van der Waals surface area contributed by atoms with E-state index < -0.39 is 0 Å². The minimum atomic E-state index is -0.187. The monoisotopic (exact) mass is 369 g/mol. The van der Waals surface area contributed by atoms with E-state index in [1.165, 1.54) is 6.07 Å². The first-order chi connectivity index (χ1) is 10.1. The molecule has 0 fully saturated rings. The van der Waals surface area contributed by atoms with Gasteiger partial charge in [0.1, 0.15) is 5.82 Å². The van der Waals surface area contributed by atoms with Crippen molar-refractivity contribution < 1.29 is 4.39 Å². The molecule has 0 aliphatic carbocycles. The lowest BCUT2D eigenvalue weighted by Gasteiger charge is -2.20. The number of rotatable bonds is 6. The highest BCUT2D eigenvalue weighted by Crippen LogP contribution is 2.27. The first-order valence-electron chi connectivity index (χ1n) is 7.03. The molecule has 1 unspecified atom stereocenters. The molecule has 1 N–H and O–H groups in total. The molecule has 0 saturated heterocycles. The molecule has 1 nitrogen and oxygen atoms in total. The molecule has 0 aliphatic rings. The average Bonchev–Trinajstić information content (AvgIpc) is 2.48. The Morgan fingerprint density at radius 3 is 2.71 bits per heavy atom. The van der Waals surface area contributed by atoms with Crippen LogP contribution >= 0.6 is 27.5 Å². The smallest absolute Gasteiger partial charge is 0.126 e. The summed E-state index contributed by atoms with van der Waals surface area (Å²) in [6.45, 7) is 2.97. The van der Waals surface area contributed by atoms with Gasteiger partial charge >= 0.3 is 0 Å². The Hall–Kier alpha value is -0.900. The summed E-state index contributed by atoms with van der Waals surface area (Å²) in [6.07, 6.45) is 1.58. The fraction of sp³-hybridized carbons (Fsp3) is 0.294. The van der Waals surface area contributed by atoms with Crippen LogP contribution < -0.4 is 5.32 Å². The summed E-state index contributed by atoms with van der Waals surface area (Å²) in [5.41, 5.74) is 1.69. The Kier molecular flexibility index (Phi) is 6.22. The van der Waals surface area contributed by atoms with Crippen LogP contribution in [0.25, 0.3) is 0 Å². The molecule has 0 saturated carbocycles. The van der Waals surface area contributed by atoms with Crippen LogP contribution in [0.1, 0.15) is 30.5 Å². The topological polar surface area (TPSA) is 12.0 Å². The van der Waals surface area contributed by atoms with Crippen molar-refractivity contribution >= 4 is 27.5 Å². The summed E-state index contributed by atoms with van der Waals surface area (Å²) < 4.78 is 14.9. The normalized spacial score (nSPS) is 12.4. The van der Waals surface area contributed by atoms with Crippen LogP contribution in [-0.2, 0) is 6.42 Å². The van der Waals surface area contributed by atoms with E-state index in [2.05, 4.69) is 28.2 Å². The molecule has 112 valence electrons. The van der Waals surface area contributed by atoms with Gasteiger partial charge in [-0.05, 0) is 54.8 Å². The van der Waals surface area contributed by atoms with E-state index in [-0.39, 0.29) is 11.9 Å². The van der Waals surface area contributed by atoms with Gasteiger partial charge in [-0.15, -0.1) is 0 Å². The van der Waals surface area contributed by atoms with Crippen LogP contribution in [-0.4, -0.2) is 6.54 Å². The third-order valence-corrected chi connectivity index (χ3v) is 4.19. The number of nitrogens with one attached hydrogen (secondary N) is 1. The third kappa shape index (κ3) is 4.53. The van der Waals surface area contributed by atoms with Gasteiger partial charge < -0.3 is 5.32 Å². The van der Waals surface area contributed by atoms with E-state index in [1.54, 1.807) is 6.07 Å². The zero-order chi connectivity index (χ0) is 15.2. The van der Waals surface area contributed by atoms with Crippen LogP contribution in [0.3, 0.4) is 0 Å². The Morgan fingerprint density at radius 1 is 1.24 bits per heavy atom. The predicted octanol–water partition coefficient (Wildman–Crippen LogP) is 5.53. The molecular formula is C17H18BrClFN. The standard InChI is InChI=1S/C17H18BrClFN/c1-2-9-21-17(14-5-3-4-6-15(14)19)11-12-10-13(18)7-8-16(12)20/h3-8,10,17,21H,2,9,11H2,1H3. The second-order valence-corrected chi connectivity index (χ2v) is 6.29. The molecule has 4 heteroatoms. The minimum Gasteiger partial charge on any atom is -0.310 e. The van der Waals surface area contributed by atoms with E-state index in [9.17, 15) is 4.39 Å². The summed E-state index contributed by atoms with van der Waals surface area (Å²) >= 11 is 9.69. The number of halogens is 3. The highest BCUT2D eigenvalue weighted by atomic mass is 79.9. The first kappa shape index (κ1) is 16.5. The molecule has 2 aromatic carbocycles. The van der Waals surface area contributed by atoms with Gasteiger partial charge in [0, 0.05) is 15.5 Å². The predicted molar refractivity (Wildman–Crippen MR) is 90.3 cm³/mol. The molecule has 0 amide bonds. The zero-order valence-corrected chi connectivity index (χ0v) is 14.2. The summed E-state index contributed by atoms with van der Waals surface area (Å²) in [7, 11) is 0. The van der Waals surface area contributed by atoms with Crippen molar-refractivity contribution in [1.29, 1.82) is 0 Å². The molecule has 0 aliphatic heterocycles. The van der Waals surface area contributed by atoms with Gasteiger partial charge in [0.15, 0.2) is 0 Å². The summed E-state index contributed by atoms with van der Waals surface area (Å²) in [4.78, 5) is 0. The van der Waals surface area contributed by atoms with E-state index >= 15 is 0 Å². The maximum Gasteiger partial charge on any atom is 0.126 e. The Balaban J connectivity index is 2.28. The zero-order valence-electron chi connectivity index (χ0n) is 11.9. The van der Waals surface area contributed by atoms with Crippen molar-refractivity contribution in [3.05, 3.63) is 68.9 Å². The summed E-state index contributed by atoms with van der Waals surface area (Å²) in [6, 6.07) is 12.8. The van der Waals surface area contributed by atoms with Crippen molar-refractivity contribution in [2.45, 2.75) is 25.8 Å². The quantitative estimate of drug-likeness (QED) is 0.705. The van der Waals surface area contributed by atoms with Gasteiger partial charge in [-0.2, -0.15) is 0 Å². The van der Waals surface area contributed by atoms with Crippen LogP contribution in [0.4, 0.5) is 4.39 Å². The van der Waals surface area contributed by atoms with Crippen molar-refractivity contribution in [3.8, 4) is 0 Å². The van der Waals surface area contributed by atoms with E-state index in [0.717, 1.165) is 23.0 Å². The molecule has 2 rings (SSSR count). The average molecular weight is 371 g/mol. The molecule has 0 aromatic heterocycles. The Morgan fingerprint density at radius 2 is 2.00 bits per heavy atom. The highest BCUT2D eigenvalue weighted by molar-refractivity contribution is 9.10. The van der Waals surface area contributed by atoms with E-state index in [1.807, 2.05) is 30.3 Å². The molecule has 0 radical (unpaired) electrons. The maximum atomic E-state index is 14.0. The third-order valence-electron chi connectivity index (χ3n) is 3.35. The lowest BCUT2D eigenvalue weighted by Crippen LogP contribution is -2.24. The summed E-state index contributed by atoms with van der Waals surface area (Å²) in [5.74, 6) is -0.187. The number of benzene rings is 2. The van der Waals surface area contributed by atoms with Crippen LogP contribution in [0.5, 0.6) is 0 Å². The van der Waals surface area contributed by atoms with Gasteiger partial charge in [0.2, 0.25) is 0 Å². The molecular weight excluding hydrogens is 353 g/mol. The highest BCUT2D eigenvalue weighted by Gasteiger charge is 2.16. The Bertz CT molecular complexity index is 603. The van der Waals surface area contributed by atoms with Crippen molar-refractivity contribution in [2.75, 3.05) is 6.54 Å². The van der Waals surface area contributed by atoms with Crippen LogP contribution in [0.2, 0.25) is 5.02 Å². The van der Waals surface area contributed by atoms with Crippen molar-refractivity contribution in [1.82, 2.24) is 5.32 Å². The largest absolute Gasteiger partial charge is 0.310 e. The van der Waals surface area contributed by atoms with Gasteiger partial charge in [0.05, 0.1) is 0 Å². The lowest BCUT2D eigenvalue weighted by molar-refractivity contribution is 0.513. The van der Waals surface area contributed by atoms with Gasteiger partial charge in [-0.25, -0.2) is 4.39 Å². The molecule has 1 atom stereocenters. The van der Waals surface area contributed by atoms with Crippen LogP contribution in [0.15, 0.2) is 46.9 Å². The maximum absolute atomic E-state index is 14.0. The van der Waals surface area contributed by atoms with Gasteiger partial charge in [-0.3, -0.25) is 0 Å². The first-order valence-corrected chi connectivity index (χ1v) is 8.20. The fourth-order valence-corrected chi connectivity index (χ4v) is 2.96. The van der Waals surface area contributed by atoms with Gasteiger partial charge in [-0.1, -0.05) is 52.7 Å².